The van der Waals surface area contributed by atoms with E-state index in [1.54, 1.807) is 24.3 Å². The van der Waals surface area contributed by atoms with Gasteiger partial charge in [0.25, 0.3) is 0 Å². The molecule has 0 aliphatic carbocycles. The molecule has 2 rings (SSSR count). The van der Waals surface area contributed by atoms with Gasteiger partial charge in [-0.1, -0.05) is 18.2 Å². The average Bonchev–Trinajstić information content (AvgIpc) is 2.30. The Morgan fingerprint density at radius 3 is 2.50 bits per heavy atom. The summed E-state index contributed by atoms with van der Waals surface area (Å²) in [5.74, 6) is -0.0497. The Morgan fingerprint density at radius 1 is 1.19 bits per heavy atom. The van der Waals surface area contributed by atoms with Crippen LogP contribution in [-0.4, -0.2) is 8.42 Å². The third-order valence-corrected chi connectivity index (χ3v) is 4.16. The van der Waals surface area contributed by atoms with E-state index >= 15 is 0 Å². The molecule has 1 aliphatic rings. The van der Waals surface area contributed by atoms with E-state index in [4.69, 9.17) is 10.5 Å². The van der Waals surface area contributed by atoms with Crippen LogP contribution in [0.3, 0.4) is 0 Å². The molecule has 0 radical (unpaired) electrons. The van der Waals surface area contributed by atoms with Crippen molar-refractivity contribution in [2.75, 3.05) is 0 Å². The molecule has 16 heavy (non-hydrogen) atoms. The molecule has 2 N–H and O–H groups in total. The highest BCUT2D eigenvalue weighted by molar-refractivity contribution is 7.95. The van der Waals surface area contributed by atoms with Gasteiger partial charge in [0.1, 0.15) is 4.91 Å². The monoisotopic (exact) mass is 237 g/mol. The molecule has 4 nitrogen and oxygen atoms in total. The van der Waals surface area contributed by atoms with Crippen molar-refractivity contribution in [1.29, 1.82) is 0 Å². The zero-order valence-corrected chi connectivity index (χ0v) is 9.28. The first-order valence-electron chi connectivity index (χ1n) is 4.73. The quantitative estimate of drug-likeness (QED) is 0.846. The lowest BCUT2D eigenvalue weighted by Gasteiger charge is -2.13. The van der Waals surface area contributed by atoms with Gasteiger partial charge in [0.05, 0.1) is 11.2 Å². The summed E-state index contributed by atoms with van der Waals surface area (Å²) in [6.07, 6.45) is 3.27. The van der Waals surface area contributed by atoms with Crippen molar-refractivity contribution >= 4 is 9.84 Å². The van der Waals surface area contributed by atoms with E-state index in [-0.39, 0.29) is 22.1 Å². The zero-order valence-electron chi connectivity index (χ0n) is 8.46. The predicted octanol–water partition coefficient (Wildman–Crippen LogP) is 1.52. The Bertz CT molecular complexity index is 544. The summed E-state index contributed by atoms with van der Waals surface area (Å²) >= 11 is 0. The minimum absolute atomic E-state index is 0.0497. The summed E-state index contributed by atoms with van der Waals surface area (Å²) < 4.78 is 29.2. The fraction of sp³-hybridized carbons (Fsp3) is 0.0909. The van der Waals surface area contributed by atoms with E-state index < -0.39 is 9.84 Å². The van der Waals surface area contributed by atoms with Crippen molar-refractivity contribution in [3.63, 3.8) is 0 Å². The lowest BCUT2D eigenvalue weighted by molar-refractivity contribution is 0.334. The second-order valence-electron chi connectivity index (χ2n) is 3.30. The molecular weight excluding hydrogens is 226 g/mol. The third kappa shape index (κ3) is 1.81. The number of hydrogen-bond donors (Lipinski definition) is 1. The van der Waals surface area contributed by atoms with Crippen LogP contribution in [0.5, 0.6) is 0 Å². The van der Waals surface area contributed by atoms with E-state index in [0.717, 1.165) is 0 Å². The average molecular weight is 237 g/mol. The van der Waals surface area contributed by atoms with Crippen LogP contribution < -0.4 is 5.73 Å². The maximum Gasteiger partial charge on any atom is 0.208 e. The summed E-state index contributed by atoms with van der Waals surface area (Å²) in [6, 6.07) is 8.17. The Kier molecular flexibility index (Phi) is 2.70. The van der Waals surface area contributed by atoms with Crippen LogP contribution in [0.25, 0.3) is 0 Å². The topological polar surface area (TPSA) is 69.4 Å². The fourth-order valence-corrected chi connectivity index (χ4v) is 2.86. The molecule has 1 aromatic rings. The Hall–Kier alpha value is -1.75. The molecule has 0 saturated carbocycles. The van der Waals surface area contributed by atoms with Gasteiger partial charge in [0, 0.05) is 6.42 Å². The number of sulfone groups is 1. The molecule has 0 saturated heterocycles. The summed E-state index contributed by atoms with van der Waals surface area (Å²) in [7, 11) is -3.53. The Morgan fingerprint density at radius 2 is 1.88 bits per heavy atom. The van der Waals surface area contributed by atoms with Crippen LogP contribution in [0.4, 0.5) is 0 Å². The van der Waals surface area contributed by atoms with Gasteiger partial charge in [-0.3, -0.25) is 0 Å². The van der Waals surface area contributed by atoms with Gasteiger partial charge >= 0.3 is 0 Å². The van der Waals surface area contributed by atoms with Crippen LogP contribution in [0.15, 0.2) is 58.4 Å². The molecule has 5 heteroatoms. The van der Waals surface area contributed by atoms with Gasteiger partial charge < -0.3 is 10.5 Å². The normalized spacial score (nSPS) is 16.0. The predicted molar refractivity (Wildman–Crippen MR) is 59.7 cm³/mol. The number of nitrogens with two attached hydrogens (primary N) is 1. The van der Waals surface area contributed by atoms with Crippen molar-refractivity contribution in [1.82, 2.24) is 0 Å². The first-order valence-corrected chi connectivity index (χ1v) is 6.21. The number of rotatable bonds is 2. The smallest absolute Gasteiger partial charge is 0.208 e. The first kappa shape index (κ1) is 10.8. The van der Waals surface area contributed by atoms with E-state index in [0.29, 0.717) is 0 Å². The van der Waals surface area contributed by atoms with E-state index in [1.807, 2.05) is 0 Å². The lowest BCUT2D eigenvalue weighted by Crippen LogP contribution is -2.15. The van der Waals surface area contributed by atoms with Crippen molar-refractivity contribution < 1.29 is 13.2 Å². The molecule has 0 amide bonds. The van der Waals surface area contributed by atoms with E-state index in [9.17, 15) is 8.42 Å². The van der Waals surface area contributed by atoms with Crippen molar-refractivity contribution in [2.45, 2.75) is 11.3 Å². The largest absolute Gasteiger partial charge is 0.449 e. The fourth-order valence-electron chi connectivity index (χ4n) is 1.43. The highest BCUT2D eigenvalue weighted by Gasteiger charge is 2.24. The summed E-state index contributed by atoms with van der Waals surface area (Å²) in [5, 5.41) is 0. The van der Waals surface area contributed by atoms with Crippen LogP contribution in [-0.2, 0) is 14.6 Å². The molecule has 0 bridgehead atoms. The molecular formula is C11H11NO3S. The summed E-state index contributed by atoms with van der Waals surface area (Å²) in [5.41, 5.74) is 5.53. The highest BCUT2D eigenvalue weighted by Crippen LogP contribution is 2.25. The molecule has 0 atom stereocenters. The summed E-state index contributed by atoms with van der Waals surface area (Å²) in [4.78, 5) is 0.341. The highest BCUT2D eigenvalue weighted by atomic mass is 32.2. The molecule has 1 heterocycles. The van der Waals surface area contributed by atoms with Crippen LogP contribution in [0.1, 0.15) is 6.42 Å². The first-order chi connectivity index (χ1) is 7.62. The maximum absolute atomic E-state index is 12.1. The molecule has 0 aromatic heterocycles. The van der Waals surface area contributed by atoms with Gasteiger partial charge in [-0.05, 0) is 18.2 Å². The number of hydrogen-bond acceptors (Lipinski definition) is 4. The molecule has 1 aromatic carbocycles. The number of benzene rings is 1. The van der Waals surface area contributed by atoms with Crippen LogP contribution in [0, 0.1) is 0 Å². The second-order valence-corrected chi connectivity index (χ2v) is 5.27. The number of allylic oxidation sites excluding steroid dienone is 2. The molecule has 0 fully saturated rings. The van der Waals surface area contributed by atoms with E-state index in [2.05, 4.69) is 0 Å². The molecule has 84 valence electrons. The Balaban J connectivity index is 2.48. The van der Waals surface area contributed by atoms with Gasteiger partial charge in [-0.25, -0.2) is 8.42 Å². The molecule has 1 aliphatic heterocycles. The lowest BCUT2D eigenvalue weighted by atomic mass is 10.3. The van der Waals surface area contributed by atoms with Crippen LogP contribution >= 0.6 is 0 Å². The minimum atomic E-state index is -3.53. The zero-order chi connectivity index (χ0) is 11.6. The van der Waals surface area contributed by atoms with Crippen LogP contribution in [0.2, 0.25) is 0 Å². The maximum atomic E-state index is 12.1. The van der Waals surface area contributed by atoms with Gasteiger partial charge in [0.15, 0.2) is 0 Å². The number of ether oxygens (including phenoxy) is 1. The minimum Gasteiger partial charge on any atom is -0.449 e. The third-order valence-electron chi connectivity index (χ3n) is 2.25. The van der Waals surface area contributed by atoms with Gasteiger partial charge in [-0.2, -0.15) is 0 Å². The molecule has 0 unspecified atom stereocenters. The standard InChI is InChI=1S/C11H11NO3S/c12-11-10(7-4-8-15-11)16(13,14)9-5-2-1-3-6-9/h1-6,8H,7,12H2. The SMILES string of the molecule is NC1=C(S(=O)(=O)c2ccccc2)CC=CO1. The van der Waals surface area contributed by atoms with Gasteiger partial charge in [-0.15, -0.1) is 0 Å². The summed E-state index contributed by atoms with van der Waals surface area (Å²) in [6.45, 7) is 0. The van der Waals surface area contributed by atoms with Crippen molar-refractivity contribution in [3.8, 4) is 0 Å². The van der Waals surface area contributed by atoms with Crippen molar-refractivity contribution in [2.24, 2.45) is 5.73 Å². The van der Waals surface area contributed by atoms with Crippen molar-refractivity contribution in [3.05, 3.63) is 53.5 Å². The Labute approximate surface area is 93.9 Å². The second kappa shape index (κ2) is 4.02. The van der Waals surface area contributed by atoms with Gasteiger partial charge in [0.2, 0.25) is 15.7 Å². The van der Waals surface area contributed by atoms with E-state index in [1.165, 1.54) is 18.4 Å². The molecule has 0 spiro atoms.